The topological polar surface area (TPSA) is 86.7 Å². The molecule has 126 valence electrons. The summed E-state index contributed by atoms with van der Waals surface area (Å²) in [6.45, 7) is 1.38. The van der Waals surface area contributed by atoms with Crippen molar-refractivity contribution >= 4 is 21.6 Å². The minimum Gasteiger partial charge on any atom is -0.465 e. The predicted octanol–water partition coefficient (Wildman–Crippen LogP) is 2.87. The summed E-state index contributed by atoms with van der Waals surface area (Å²) in [5.74, 6) is -0.164. The summed E-state index contributed by atoms with van der Waals surface area (Å²) >= 11 is 0. The first-order valence-corrected chi connectivity index (χ1v) is 8.82. The maximum absolute atomic E-state index is 11.7. The minimum atomic E-state index is -3.29. The lowest BCUT2D eigenvalue weighted by Crippen LogP contribution is -2.04. The smallest absolute Gasteiger partial charge is 0.338 e. The Bertz CT molecular complexity index is 882. The number of carbonyl (C=O) groups excluding carboxylic acids is 2. The maximum atomic E-state index is 11.7. The average molecular weight is 348 g/mol. The molecule has 0 N–H and O–H groups in total. The van der Waals surface area contributed by atoms with Crippen molar-refractivity contribution in [1.82, 2.24) is 0 Å². The summed E-state index contributed by atoms with van der Waals surface area (Å²) < 4.78 is 33.2. The lowest BCUT2D eigenvalue weighted by molar-refractivity contribution is 0.0600. The second kappa shape index (κ2) is 6.84. The Hall–Kier alpha value is -2.67. The maximum Gasteiger partial charge on any atom is 0.338 e. The number of hydrogen-bond acceptors (Lipinski definition) is 6. The molecule has 0 spiro atoms. The number of ether oxygens (including phenoxy) is 2. The van der Waals surface area contributed by atoms with Gasteiger partial charge >= 0.3 is 5.97 Å². The first-order chi connectivity index (χ1) is 11.2. The molecule has 6 nitrogen and oxygen atoms in total. The number of methoxy groups -OCH3 is 1. The molecule has 0 aliphatic heterocycles. The van der Waals surface area contributed by atoms with Crippen LogP contribution in [0.5, 0.6) is 11.5 Å². The molecule has 7 heteroatoms. The van der Waals surface area contributed by atoms with Crippen LogP contribution in [-0.4, -0.2) is 33.5 Å². The fourth-order valence-electron chi connectivity index (χ4n) is 1.99. The number of sulfone groups is 1. The van der Waals surface area contributed by atoms with E-state index >= 15 is 0 Å². The molecule has 24 heavy (non-hydrogen) atoms. The lowest BCUT2D eigenvalue weighted by Gasteiger charge is -2.09. The van der Waals surface area contributed by atoms with Crippen molar-refractivity contribution in [2.24, 2.45) is 0 Å². The van der Waals surface area contributed by atoms with Crippen LogP contribution < -0.4 is 4.74 Å². The summed E-state index contributed by atoms with van der Waals surface area (Å²) in [5, 5.41) is 0. The second-order valence-electron chi connectivity index (χ2n) is 5.14. The molecule has 0 aliphatic rings. The van der Waals surface area contributed by atoms with E-state index in [1.54, 1.807) is 0 Å². The van der Waals surface area contributed by atoms with Gasteiger partial charge in [-0.1, -0.05) is 0 Å². The van der Waals surface area contributed by atoms with Crippen LogP contribution in [0.4, 0.5) is 0 Å². The van der Waals surface area contributed by atoms with Gasteiger partial charge in [-0.05, 0) is 49.4 Å². The van der Waals surface area contributed by atoms with Crippen molar-refractivity contribution in [2.75, 3.05) is 13.4 Å². The largest absolute Gasteiger partial charge is 0.465 e. The fraction of sp³-hybridized carbons (Fsp3) is 0.176. The lowest BCUT2D eigenvalue weighted by atomic mass is 10.1. The molecule has 0 bridgehead atoms. The molecule has 0 unspecified atom stereocenters. The molecule has 2 aromatic rings. The highest BCUT2D eigenvalue weighted by Gasteiger charge is 2.13. The van der Waals surface area contributed by atoms with Crippen LogP contribution >= 0.6 is 0 Å². The molecule has 2 rings (SSSR count). The Labute approximate surface area is 139 Å². The number of ketones is 1. The van der Waals surface area contributed by atoms with Crippen LogP contribution in [0.2, 0.25) is 0 Å². The van der Waals surface area contributed by atoms with Gasteiger partial charge in [0.25, 0.3) is 0 Å². The van der Waals surface area contributed by atoms with E-state index in [0.717, 1.165) is 6.26 Å². The first kappa shape index (κ1) is 17.7. The van der Waals surface area contributed by atoms with Crippen LogP contribution in [0.1, 0.15) is 27.6 Å². The molecular weight excluding hydrogens is 332 g/mol. The number of hydrogen-bond donors (Lipinski definition) is 0. The Balaban J connectivity index is 2.36. The molecule has 0 fully saturated rings. The molecule has 2 aromatic carbocycles. The van der Waals surface area contributed by atoms with Gasteiger partial charge in [-0.3, -0.25) is 4.79 Å². The van der Waals surface area contributed by atoms with E-state index in [1.165, 1.54) is 56.5 Å². The van der Waals surface area contributed by atoms with Crippen molar-refractivity contribution in [3.05, 3.63) is 53.6 Å². The molecular formula is C17H16O6S. The Morgan fingerprint density at radius 2 is 1.50 bits per heavy atom. The standard InChI is InChI=1S/C17H16O6S/c1-11(18)12-8-13(17(19)22-2)10-15(9-12)23-14-4-6-16(7-5-14)24(3,20)21/h4-10H,1-3H3. The van der Waals surface area contributed by atoms with E-state index in [2.05, 4.69) is 4.74 Å². The third-order valence-electron chi connectivity index (χ3n) is 3.22. The monoisotopic (exact) mass is 348 g/mol. The quantitative estimate of drug-likeness (QED) is 0.610. The molecule has 0 saturated carbocycles. The highest BCUT2D eigenvalue weighted by Crippen LogP contribution is 2.26. The van der Waals surface area contributed by atoms with Crippen molar-refractivity contribution in [2.45, 2.75) is 11.8 Å². The predicted molar refractivity (Wildman–Crippen MR) is 87.4 cm³/mol. The van der Waals surface area contributed by atoms with Crippen molar-refractivity contribution < 1.29 is 27.5 Å². The fourth-order valence-corrected chi connectivity index (χ4v) is 2.62. The molecule has 0 saturated heterocycles. The summed E-state index contributed by atoms with van der Waals surface area (Å²) in [4.78, 5) is 23.5. The van der Waals surface area contributed by atoms with Gasteiger partial charge in [0, 0.05) is 11.8 Å². The van der Waals surface area contributed by atoms with Gasteiger partial charge in [0.2, 0.25) is 0 Å². The summed E-state index contributed by atoms with van der Waals surface area (Å²) in [6.07, 6.45) is 1.11. The number of carbonyl (C=O) groups is 2. The van der Waals surface area contributed by atoms with E-state index in [-0.39, 0.29) is 22.0 Å². The molecule has 0 radical (unpaired) electrons. The molecule has 0 aliphatic carbocycles. The van der Waals surface area contributed by atoms with Crippen molar-refractivity contribution in [1.29, 1.82) is 0 Å². The normalized spacial score (nSPS) is 11.0. The molecule has 0 amide bonds. The molecule has 0 aromatic heterocycles. The first-order valence-electron chi connectivity index (χ1n) is 6.93. The molecule has 0 heterocycles. The third-order valence-corrected chi connectivity index (χ3v) is 4.35. The molecule has 0 atom stereocenters. The van der Waals surface area contributed by atoms with Crippen LogP contribution in [0, 0.1) is 0 Å². The SMILES string of the molecule is COC(=O)c1cc(Oc2ccc(S(C)(=O)=O)cc2)cc(C(C)=O)c1. The third kappa shape index (κ3) is 4.20. The zero-order chi connectivity index (χ0) is 17.9. The van der Waals surface area contributed by atoms with Gasteiger partial charge in [-0.15, -0.1) is 0 Å². The van der Waals surface area contributed by atoms with E-state index in [4.69, 9.17) is 4.74 Å². The van der Waals surface area contributed by atoms with E-state index < -0.39 is 15.8 Å². The average Bonchev–Trinajstić information content (AvgIpc) is 2.53. The number of rotatable bonds is 5. The highest BCUT2D eigenvalue weighted by atomic mass is 32.2. The van der Waals surface area contributed by atoms with Crippen molar-refractivity contribution in [3.8, 4) is 11.5 Å². The number of benzene rings is 2. The summed E-state index contributed by atoms with van der Waals surface area (Å²) in [7, 11) is -2.05. The van der Waals surface area contributed by atoms with Gasteiger partial charge < -0.3 is 9.47 Å². The number of Topliss-reactive ketones (excluding diaryl/α,β-unsaturated/α-hetero) is 1. The van der Waals surface area contributed by atoms with E-state index in [9.17, 15) is 18.0 Å². The van der Waals surface area contributed by atoms with Gasteiger partial charge in [0.15, 0.2) is 15.6 Å². The van der Waals surface area contributed by atoms with Gasteiger partial charge in [-0.25, -0.2) is 13.2 Å². The Morgan fingerprint density at radius 3 is 2.00 bits per heavy atom. The van der Waals surface area contributed by atoms with Crippen LogP contribution in [0.25, 0.3) is 0 Å². The zero-order valence-electron chi connectivity index (χ0n) is 13.4. The van der Waals surface area contributed by atoms with E-state index in [1.807, 2.05) is 0 Å². The highest BCUT2D eigenvalue weighted by molar-refractivity contribution is 7.90. The summed E-state index contributed by atoms with van der Waals surface area (Å²) in [6, 6.07) is 10.2. The van der Waals surface area contributed by atoms with Crippen LogP contribution in [0.15, 0.2) is 47.4 Å². The minimum absolute atomic E-state index is 0.169. The summed E-state index contributed by atoms with van der Waals surface area (Å²) in [5.41, 5.74) is 0.494. The van der Waals surface area contributed by atoms with Crippen LogP contribution in [-0.2, 0) is 14.6 Å². The van der Waals surface area contributed by atoms with Gasteiger partial charge in [0.05, 0.1) is 17.6 Å². The zero-order valence-corrected chi connectivity index (χ0v) is 14.2. The van der Waals surface area contributed by atoms with Gasteiger partial charge in [-0.2, -0.15) is 0 Å². The Kier molecular flexibility index (Phi) is 5.04. The number of esters is 1. The van der Waals surface area contributed by atoms with Crippen LogP contribution in [0.3, 0.4) is 0 Å². The second-order valence-corrected chi connectivity index (χ2v) is 7.16. The van der Waals surface area contributed by atoms with Crippen molar-refractivity contribution in [3.63, 3.8) is 0 Å². The van der Waals surface area contributed by atoms with Gasteiger partial charge in [0.1, 0.15) is 11.5 Å². The van der Waals surface area contributed by atoms with E-state index in [0.29, 0.717) is 11.3 Å². The Morgan fingerprint density at radius 1 is 0.917 bits per heavy atom.